The van der Waals surface area contributed by atoms with Gasteiger partial charge in [-0.05, 0) is 40.6 Å². The van der Waals surface area contributed by atoms with Crippen molar-refractivity contribution >= 4 is 46.8 Å². The maximum absolute atomic E-state index is 11.9. The second-order valence-electron chi connectivity index (χ2n) is 4.98. The summed E-state index contributed by atoms with van der Waals surface area (Å²) in [6, 6.07) is 4.17. The summed E-state index contributed by atoms with van der Waals surface area (Å²) in [6.45, 7) is 0. The molecule has 1 rings (SSSR count). The van der Waals surface area contributed by atoms with E-state index in [0.717, 1.165) is 9.13 Å². The molecular weight excluding hydrogens is 431 g/mol. The quantitative estimate of drug-likeness (QED) is 0.330. The summed E-state index contributed by atoms with van der Waals surface area (Å²) in [6.07, 6.45) is 0.149. The van der Waals surface area contributed by atoms with Gasteiger partial charge in [0.2, 0.25) is 0 Å². The molecule has 2 atom stereocenters. The summed E-state index contributed by atoms with van der Waals surface area (Å²) in [5, 5.41) is 22.4. The van der Waals surface area contributed by atoms with Crippen molar-refractivity contribution in [3.63, 3.8) is 0 Å². The molecule has 130 valence electrons. The predicted octanol–water partition coefficient (Wildman–Crippen LogP) is 1.02. The first-order valence-corrected chi connectivity index (χ1v) is 8.11. The van der Waals surface area contributed by atoms with E-state index in [2.05, 4.69) is 33.2 Å². The van der Waals surface area contributed by atoms with E-state index >= 15 is 0 Å². The summed E-state index contributed by atoms with van der Waals surface area (Å²) in [7, 11) is 0. The van der Waals surface area contributed by atoms with E-state index in [-0.39, 0.29) is 19.3 Å². The van der Waals surface area contributed by atoms with Crippen molar-refractivity contribution in [1.82, 2.24) is 10.6 Å². The van der Waals surface area contributed by atoms with Crippen molar-refractivity contribution < 1.29 is 29.4 Å². The number of hydrogen-bond donors (Lipinski definition) is 4. The lowest BCUT2D eigenvalue weighted by molar-refractivity contribution is -0.139. The average molecular weight is 448 g/mol. The highest BCUT2D eigenvalue weighted by atomic mass is 127. The van der Waals surface area contributed by atoms with Crippen LogP contribution in [-0.4, -0.2) is 46.6 Å². The molecule has 0 aliphatic rings. The van der Waals surface area contributed by atoms with Crippen LogP contribution < -0.4 is 10.6 Å². The fraction of sp³-hybridized carbons (Fsp3) is 0.333. The fourth-order valence-corrected chi connectivity index (χ4v) is 2.51. The second kappa shape index (κ2) is 9.85. The van der Waals surface area contributed by atoms with E-state index in [1.165, 1.54) is 0 Å². The minimum atomic E-state index is -1.21. The normalized spacial score (nSPS) is 12.7. The molecule has 0 unspecified atom stereocenters. The molecule has 8 nitrogen and oxygen atoms in total. The van der Waals surface area contributed by atoms with E-state index in [9.17, 15) is 24.3 Å². The Morgan fingerprint density at radius 3 is 2.38 bits per heavy atom. The molecule has 0 saturated carbocycles. The van der Waals surface area contributed by atoms with Gasteiger partial charge in [-0.15, -0.1) is 0 Å². The number of benzene rings is 1. The highest BCUT2D eigenvalue weighted by Crippen LogP contribution is 2.13. The third-order valence-corrected chi connectivity index (χ3v) is 4.19. The van der Waals surface area contributed by atoms with Gasteiger partial charge in [-0.2, -0.15) is 0 Å². The van der Waals surface area contributed by atoms with E-state index in [0.29, 0.717) is 6.29 Å². The molecule has 2 amide bonds. The molecule has 0 aromatic heterocycles. The van der Waals surface area contributed by atoms with Gasteiger partial charge >= 0.3 is 18.0 Å². The number of halogens is 1. The number of urea groups is 1. The number of amides is 2. The molecule has 0 aliphatic carbocycles. The Bertz CT molecular complexity index is 622. The lowest BCUT2D eigenvalue weighted by Crippen LogP contribution is -2.50. The topological polar surface area (TPSA) is 133 Å². The molecule has 0 fully saturated rings. The summed E-state index contributed by atoms with van der Waals surface area (Å²) in [5.74, 6) is -2.30. The van der Waals surface area contributed by atoms with Gasteiger partial charge < -0.3 is 25.6 Å². The Morgan fingerprint density at radius 2 is 1.83 bits per heavy atom. The summed E-state index contributed by atoms with van der Waals surface area (Å²) >= 11 is 2.07. The van der Waals surface area contributed by atoms with Gasteiger partial charge in [0.05, 0.1) is 6.04 Å². The number of carboxylic acid groups (broad SMARTS) is 2. The SMILES string of the molecule is O=C[C@H](CCC(=O)O)NC(=O)N[C@@H](Cc1ccccc1I)C(=O)O. The van der Waals surface area contributed by atoms with Crippen LogP contribution in [0.1, 0.15) is 18.4 Å². The third-order valence-electron chi connectivity index (χ3n) is 3.14. The molecule has 1 aromatic carbocycles. The lowest BCUT2D eigenvalue weighted by atomic mass is 10.1. The molecule has 9 heteroatoms. The van der Waals surface area contributed by atoms with Gasteiger partial charge in [-0.25, -0.2) is 9.59 Å². The van der Waals surface area contributed by atoms with E-state index in [1.54, 1.807) is 12.1 Å². The van der Waals surface area contributed by atoms with Crippen LogP contribution in [-0.2, 0) is 20.8 Å². The van der Waals surface area contributed by atoms with Gasteiger partial charge in [0.1, 0.15) is 12.3 Å². The van der Waals surface area contributed by atoms with Crippen LogP contribution in [0.15, 0.2) is 24.3 Å². The zero-order valence-corrected chi connectivity index (χ0v) is 14.7. The lowest BCUT2D eigenvalue weighted by Gasteiger charge is -2.18. The standard InChI is InChI=1S/C15H17IN2O6/c16-11-4-2-1-3-9(11)7-12(14(22)23)18-15(24)17-10(8-19)5-6-13(20)21/h1-4,8,10,12H,5-7H2,(H,20,21)(H,22,23)(H2,17,18,24)/t10-,12-/m0/s1. The highest BCUT2D eigenvalue weighted by Gasteiger charge is 2.22. The number of hydrogen-bond acceptors (Lipinski definition) is 4. The number of carbonyl (C=O) groups is 4. The fourth-order valence-electron chi connectivity index (χ4n) is 1.91. The van der Waals surface area contributed by atoms with Crippen LogP contribution in [0.3, 0.4) is 0 Å². The molecule has 0 bridgehead atoms. The Hall–Kier alpha value is -2.17. The number of rotatable bonds is 9. The molecule has 1 aromatic rings. The monoisotopic (exact) mass is 448 g/mol. The first-order valence-electron chi connectivity index (χ1n) is 7.03. The van der Waals surface area contributed by atoms with Gasteiger partial charge in [0.15, 0.2) is 0 Å². The summed E-state index contributed by atoms with van der Waals surface area (Å²) in [5.41, 5.74) is 0.767. The number of aliphatic carboxylic acids is 2. The van der Waals surface area contributed by atoms with E-state index in [1.807, 2.05) is 12.1 Å². The van der Waals surface area contributed by atoms with Crippen LogP contribution in [0, 0.1) is 3.57 Å². The molecule has 4 N–H and O–H groups in total. The maximum Gasteiger partial charge on any atom is 0.326 e. The first-order chi connectivity index (χ1) is 11.3. The zero-order chi connectivity index (χ0) is 18.1. The summed E-state index contributed by atoms with van der Waals surface area (Å²) in [4.78, 5) is 44.5. The van der Waals surface area contributed by atoms with Gasteiger partial charge in [0.25, 0.3) is 0 Å². The van der Waals surface area contributed by atoms with Crippen LogP contribution in [0.4, 0.5) is 4.79 Å². The van der Waals surface area contributed by atoms with Crippen molar-refractivity contribution in [2.24, 2.45) is 0 Å². The van der Waals surface area contributed by atoms with Gasteiger partial charge in [0, 0.05) is 16.4 Å². The first kappa shape index (κ1) is 19.9. The Balaban J connectivity index is 2.65. The van der Waals surface area contributed by atoms with E-state index < -0.39 is 30.1 Å². The van der Waals surface area contributed by atoms with Crippen LogP contribution in [0.5, 0.6) is 0 Å². The smallest absolute Gasteiger partial charge is 0.326 e. The molecule has 0 aliphatic heterocycles. The largest absolute Gasteiger partial charge is 0.481 e. The zero-order valence-electron chi connectivity index (χ0n) is 12.6. The number of nitrogens with one attached hydrogen (secondary N) is 2. The molecule has 24 heavy (non-hydrogen) atoms. The van der Waals surface area contributed by atoms with Crippen LogP contribution >= 0.6 is 22.6 Å². The minimum Gasteiger partial charge on any atom is -0.481 e. The summed E-state index contributed by atoms with van der Waals surface area (Å²) < 4.78 is 0.871. The second-order valence-corrected chi connectivity index (χ2v) is 6.14. The van der Waals surface area contributed by atoms with Crippen molar-refractivity contribution in [2.75, 3.05) is 0 Å². The number of carbonyl (C=O) groups excluding carboxylic acids is 2. The van der Waals surface area contributed by atoms with Crippen molar-refractivity contribution in [2.45, 2.75) is 31.3 Å². The Kier molecular flexibility index (Phi) is 8.16. The third kappa shape index (κ3) is 6.94. The van der Waals surface area contributed by atoms with Gasteiger partial charge in [-0.3, -0.25) is 4.79 Å². The van der Waals surface area contributed by atoms with Crippen LogP contribution in [0.2, 0.25) is 0 Å². The van der Waals surface area contributed by atoms with E-state index in [4.69, 9.17) is 5.11 Å². The molecule has 0 radical (unpaired) electrons. The van der Waals surface area contributed by atoms with Crippen molar-refractivity contribution in [3.05, 3.63) is 33.4 Å². The molecular formula is C15H17IN2O6. The molecule has 0 heterocycles. The van der Waals surface area contributed by atoms with Crippen molar-refractivity contribution in [1.29, 1.82) is 0 Å². The average Bonchev–Trinajstić information content (AvgIpc) is 2.52. The Morgan fingerprint density at radius 1 is 1.17 bits per heavy atom. The number of aldehydes is 1. The van der Waals surface area contributed by atoms with Crippen LogP contribution in [0.25, 0.3) is 0 Å². The van der Waals surface area contributed by atoms with Gasteiger partial charge in [-0.1, -0.05) is 18.2 Å². The molecule has 0 saturated heterocycles. The molecule has 0 spiro atoms. The maximum atomic E-state index is 11.9. The minimum absolute atomic E-state index is 0.0689. The highest BCUT2D eigenvalue weighted by molar-refractivity contribution is 14.1. The predicted molar refractivity (Wildman–Crippen MR) is 92.7 cm³/mol. The Labute approximate surface area is 151 Å². The number of carboxylic acids is 2. The van der Waals surface area contributed by atoms with Crippen molar-refractivity contribution in [3.8, 4) is 0 Å².